The molecule has 1 heterocycles. The van der Waals surface area contributed by atoms with Crippen LogP contribution in [0.15, 0.2) is 4.99 Å². The fourth-order valence-electron chi connectivity index (χ4n) is 1.24. The maximum Gasteiger partial charge on any atom is 0.227 e. The first kappa shape index (κ1) is 9.23. The van der Waals surface area contributed by atoms with Gasteiger partial charge in [-0.05, 0) is 6.42 Å². The number of rotatable bonds is 4. The lowest BCUT2D eigenvalue weighted by Crippen LogP contribution is -2.34. The van der Waals surface area contributed by atoms with E-state index in [1.54, 1.807) is 0 Å². The maximum absolute atomic E-state index is 10.9. The van der Waals surface area contributed by atoms with Crippen LogP contribution in [-0.4, -0.2) is 18.3 Å². The van der Waals surface area contributed by atoms with Crippen LogP contribution in [0.4, 0.5) is 0 Å². The van der Waals surface area contributed by atoms with Crippen LogP contribution in [0.2, 0.25) is 0 Å². The predicted molar refractivity (Wildman–Crippen MR) is 49.2 cm³/mol. The van der Waals surface area contributed by atoms with Crippen LogP contribution >= 0.6 is 0 Å². The Balaban J connectivity index is 2.22. The first-order chi connectivity index (χ1) is 5.83. The van der Waals surface area contributed by atoms with E-state index in [0.717, 1.165) is 18.7 Å². The summed E-state index contributed by atoms with van der Waals surface area (Å²) in [6.07, 6.45) is 5.04. The van der Waals surface area contributed by atoms with Crippen molar-refractivity contribution in [2.24, 2.45) is 4.99 Å². The maximum atomic E-state index is 10.9. The van der Waals surface area contributed by atoms with Gasteiger partial charge in [0, 0.05) is 19.4 Å². The van der Waals surface area contributed by atoms with Crippen LogP contribution < -0.4 is 5.32 Å². The molecule has 3 heteroatoms. The lowest BCUT2D eigenvalue weighted by molar-refractivity contribution is -0.119. The van der Waals surface area contributed by atoms with Gasteiger partial charge in [-0.25, -0.2) is 0 Å². The number of nitrogens with zero attached hydrogens (tertiary/aromatic N) is 1. The molecule has 0 spiro atoms. The Morgan fingerprint density at radius 3 is 3.00 bits per heavy atom. The van der Waals surface area contributed by atoms with Gasteiger partial charge in [0.2, 0.25) is 5.91 Å². The van der Waals surface area contributed by atoms with Crippen LogP contribution in [0, 0.1) is 0 Å². The highest BCUT2D eigenvalue weighted by atomic mass is 16.1. The molecule has 0 saturated heterocycles. The molecule has 0 bridgehead atoms. The Labute approximate surface area is 73.3 Å². The van der Waals surface area contributed by atoms with Gasteiger partial charge in [-0.1, -0.05) is 19.8 Å². The first-order valence-corrected chi connectivity index (χ1v) is 4.66. The van der Waals surface area contributed by atoms with Crippen molar-refractivity contribution < 1.29 is 4.79 Å². The van der Waals surface area contributed by atoms with E-state index in [2.05, 4.69) is 17.2 Å². The van der Waals surface area contributed by atoms with E-state index in [9.17, 15) is 4.79 Å². The van der Waals surface area contributed by atoms with Gasteiger partial charge in [-0.3, -0.25) is 9.79 Å². The zero-order valence-corrected chi connectivity index (χ0v) is 7.60. The predicted octanol–water partition coefficient (Wildman–Crippen LogP) is 1.49. The monoisotopic (exact) mass is 168 g/mol. The number of amidine groups is 1. The summed E-state index contributed by atoms with van der Waals surface area (Å²) in [6.45, 7) is 2.84. The lowest BCUT2D eigenvalue weighted by Gasteiger charge is -2.12. The van der Waals surface area contributed by atoms with Crippen molar-refractivity contribution in [3.05, 3.63) is 0 Å². The molecule has 1 aliphatic rings. The molecular formula is C9H16N2O. The Bertz CT molecular complexity index is 187. The molecule has 3 nitrogen and oxygen atoms in total. The Hall–Kier alpha value is -0.860. The van der Waals surface area contributed by atoms with Gasteiger partial charge in [0.15, 0.2) is 0 Å². The van der Waals surface area contributed by atoms with Gasteiger partial charge in [-0.15, -0.1) is 0 Å². The second-order valence-corrected chi connectivity index (χ2v) is 3.08. The molecule has 1 aliphatic heterocycles. The minimum atomic E-state index is 0.122. The minimum Gasteiger partial charge on any atom is -0.314 e. The summed E-state index contributed by atoms with van der Waals surface area (Å²) in [6, 6.07) is 0. The highest BCUT2D eigenvalue weighted by molar-refractivity contribution is 5.99. The molecule has 68 valence electrons. The fraction of sp³-hybridized carbons (Fsp3) is 0.778. The smallest absolute Gasteiger partial charge is 0.227 e. The second-order valence-electron chi connectivity index (χ2n) is 3.08. The molecule has 0 aliphatic carbocycles. The van der Waals surface area contributed by atoms with Crippen molar-refractivity contribution in [3.63, 3.8) is 0 Å². The van der Waals surface area contributed by atoms with Gasteiger partial charge in [0.25, 0.3) is 0 Å². The van der Waals surface area contributed by atoms with E-state index >= 15 is 0 Å². The molecular weight excluding hydrogens is 152 g/mol. The molecule has 0 radical (unpaired) electrons. The van der Waals surface area contributed by atoms with E-state index in [4.69, 9.17) is 0 Å². The molecule has 0 aromatic heterocycles. The van der Waals surface area contributed by atoms with Crippen molar-refractivity contribution in [2.45, 2.75) is 39.0 Å². The fourth-order valence-corrected chi connectivity index (χ4v) is 1.24. The number of aliphatic imine (C=N–C) groups is 1. The Morgan fingerprint density at radius 2 is 2.33 bits per heavy atom. The minimum absolute atomic E-state index is 0.122. The molecule has 1 rings (SSSR count). The molecule has 0 aromatic carbocycles. The second kappa shape index (κ2) is 4.91. The number of carbonyl (C=O) groups is 1. The van der Waals surface area contributed by atoms with E-state index in [1.807, 2.05) is 0 Å². The van der Waals surface area contributed by atoms with Gasteiger partial charge in [0.1, 0.15) is 5.84 Å². The van der Waals surface area contributed by atoms with Crippen molar-refractivity contribution in [2.75, 3.05) is 6.54 Å². The largest absolute Gasteiger partial charge is 0.314 e. The number of unbranched alkanes of at least 4 members (excludes halogenated alkanes) is 2. The summed E-state index contributed by atoms with van der Waals surface area (Å²) in [7, 11) is 0. The lowest BCUT2D eigenvalue weighted by atomic mass is 10.2. The quantitative estimate of drug-likeness (QED) is 0.635. The Morgan fingerprint density at radius 1 is 1.50 bits per heavy atom. The van der Waals surface area contributed by atoms with Crippen LogP contribution in [0.25, 0.3) is 0 Å². The van der Waals surface area contributed by atoms with Crippen LogP contribution in [0.1, 0.15) is 39.0 Å². The normalized spacial score (nSPS) is 17.1. The van der Waals surface area contributed by atoms with Gasteiger partial charge >= 0.3 is 0 Å². The zero-order chi connectivity index (χ0) is 8.81. The average Bonchev–Trinajstić information content (AvgIpc) is 2.05. The number of nitrogens with one attached hydrogen (secondary N) is 1. The zero-order valence-electron chi connectivity index (χ0n) is 7.60. The summed E-state index contributed by atoms with van der Waals surface area (Å²) in [4.78, 5) is 15.2. The summed E-state index contributed by atoms with van der Waals surface area (Å²) in [5.41, 5.74) is 0. The Kier molecular flexibility index (Phi) is 3.77. The van der Waals surface area contributed by atoms with Crippen molar-refractivity contribution >= 4 is 11.7 Å². The van der Waals surface area contributed by atoms with Gasteiger partial charge in [-0.2, -0.15) is 0 Å². The summed E-state index contributed by atoms with van der Waals surface area (Å²) in [5, 5.41) is 2.79. The van der Waals surface area contributed by atoms with E-state index < -0.39 is 0 Å². The standard InChI is InChI=1S/C9H16N2O/c1-2-3-4-5-8-10-7-6-9(12)11-8/h2-7H2,1H3,(H,10,11,12). The highest BCUT2D eigenvalue weighted by Gasteiger charge is 2.09. The van der Waals surface area contributed by atoms with E-state index in [-0.39, 0.29) is 5.91 Å². The summed E-state index contributed by atoms with van der Waals surface area (Å²) in [5.74, 6) is 1.01. The average molecular weight is 168 g/mol. The third-order valence-corrected chi connectivity index (χ3v) is 1.94. The molecule has 1 amide bonds. The third kappa shape index (κ3) is 3.03. The van der Waals surface area contributed by atoms with Crippen LogP contribution in [0.3, 0.4) is 0 Å². The number of amides is 1. The first-order valence-electron chi connectivity index (χ1n) is 4.66. The molecule has 0 unspecified atom stereocenters. The summed E-state index contributed by atoms with van der Waals surface area (Å²) >= 11 is 0. The number of carbonyl (C=O) groups excluding carboxylic acids is 1. The number of hydrogen-bond acceptors (Lipinski definition) is 2. The van der Waals surface area contributed by atoms with E-state index in [0.29, 0.717) is 13.0 Å². The number of hydrogen-bond donors (Lipinski definition) is 1. The molecule has 0 aromatic rings. The molecule has 1 N–H and O–H groups in total. The van der Waals surface area contributed by atoms with Gasteiger partial charge in [0.05, 0.1) is 0 Å². The van der Waals surface area contributed by atoms with Crippen LogP contribution in [-0.2, 0) is 4.79 Å². The highest BCUT2D eigenvalue weighted by Crippen LogP contribution is 2.02. The van der Waals surface area contributed by atoms with Crippen LogP contribution in [0.5, 0.6) is 0 Å². The molecule has 0 atom stereocenters. The van der Waals surface area contributed by atoms with E-state index in [1.165, 1.54) is 12.8 Å². The third-order valence-electron chi connectivity index (χ3n) is 1.94. The molecule has 0 saturated carbocycles. The SMILES string of the molecule is CCCCCC1=NCCC(=O)N1. The molecule has 0 fully saturated rings. The van der Waals surface area contributed by atoms with Crippen molar-refractivity contribution in [3.8, 4) is 0 Å². The van der Waals surface area contributed by atoms with Crippen molar-refractivity contribution in [1.82, 2.24) is 5.32 Å². The topological polar surface area (TPSA) is 41.5 Å². The molecule has 12 heavy (non-hydrogen) atoms. The van der Waals surface area contributed by atoms with Gasteiger partial charge < -0.3 is 5.32 Å². The summed E-state index contributed by atoms with van der Waals surface area (Å²) < 4.78 is 0. The van der Waals surface area contributed by atoms with Crippen molar-refractivity contribution in [1.29, 1.82) is 0 Å².